The molecule has 0 aliphatic carbocycles. The second-order valence-electron chi connectivity index (χ2n) is 4.35. The van der Waals surface area contributed by atoms with E-state index in [-0.39, 0.29) is 0 Å². The maximum absolute atomic E-state index is 5.73. The van der Waals surface area contributed by atoms with Gasteiger partial charge in [0.15, 0.2) is 11.5 Å². The maximum atomic E-state index is 5.73. The van der Waals surface area contributed by atoms with Gasteiger partial charge in [0.2, 0.25) is 0 Å². The second kappa shape index (κ2) is 5.02. The lowest BCUT2D eigenvalue weighted by atomic mass is 10.1. The predicted molar refractivity (Wildman–Crippen MR) is 81.0 cm³/mol. The number of oxazole rings is 1. The van der Waals surface area contributed by atoms with E-state index in [1.54, 1.807) is 0 Å². The van der Waals surface area contributed by atoms with Crippen molar-refractivity contribution in [3.05, 3.63) is 70.5 Å². The Labute approximate surface area is 119 Å². The van der Waals surface area contributed by atoms with E-state index in [2.05, 4.69) is 39.6 Å². The van der Waals surface area contributed by atoms with E-state index in [0.717, 1.165) is 32.6 Å². The highest BCUT2D eigenvalue weighted by Gasteiger charge is 2.07. The number of para-hydroxylation sites is 2. The molecule has 0 saturated heterocycles. The van der Waals surface area contributed by atoms with Crippen LogP contribution in [0.3, 0.4) is 0 Å². The monoisotopic (exact) mass is 313 g/mol. The van der Waals surface area contributed by atoms with Crippen LogP contribution in [0.1, 0.15) is 17.0 Å². The van der Waals surface area contributed by atoms with E-state index >= 15 is 0 Å². The van der Waals surface area contributed by atoms with Gasteiger partial charge in [0.05, 0.1) is 0 Å². The molecule has 0 amide bonds. The van der Waals surface area contributed by atoms with E-state index < -0.39 is 0 Å². The van der Waals surface area contributed by atoms with Crippen LogP contribution < -0.4 is 0 Å². The van der Waals surface area contributed by atoms with Crippen LogP contribution in [0.5, 0.6) is 0 Å². The Morgan fingerprint density at radius 2 is 2.05 bits per heavy atom. The molecule has 0 unspecified atom stereocenters. The van der Waals surface area contributed by atoms with Gasteiger partial charge in [0.25, 0.3) is 0 Å². The molecule has 0 radical (unpaired) electrons. The molecule has 19 heavy (non-hydrogen) atoms. The summed E-state index contributed by atoms with van der Waals surface area (Å²) in [4.78, 5) is 4.49. The van der Waals surface area contributed by atoms with Crippen LogP contribution in [0, 0.1) is 0 Å². The first kappa shape index (κ1) is 12.2. The summed E-state index contributed by atoms with van der Waals surface area (Å²) in [5, 5.41) is 0. The van der Waals surface area contributed by atoms with Crippen molar-refractivity contribution in [1.82, 2.24) is 4.98 Å². The lowest BCUT2D eigenvalue weighted by Gasteiger charge is -2.01. The summed E-state index contributed by atoms with van der Waals surface area (Å²) in [6.07, 6.45) is 2.51. The van der Waals surface area contributed by atoms with Crippen LogP contribution >= 0.6 is 15.9 Å². The largest absolute Gasteiger partial charge is 0.440 e. The van der Waals surface area contributed by atoms with Crippen LogP contribution in [0.15, 0.2) is 57.9 Å². The minimum atomic E-state index is 0.676. The smallest absolute Gasteiger partial charge is 0.199 e. The molecule has 3 aromatic rings. The highest BCUT2D eigenvalue weighted by molar-refractivity contribution is 9.10. The van der Waals surface area contributed by atoms with Gasteiger partial charge < -0.3 is 4.42 Å². The lowest BCUT2D eigenvalue weighted by Crippen LogP contribution is -1.89. The summed E-state index contributed by atoms with van der Waals surface area (Å²) in [5.41, 5.74) is 3.96. The fraction of sp³-hybridized carbons (Fsp3) is 0.0625. The van der Waals surface area contributed by atoms with Gasteiger partial charge in [-0.3, -0.25) is 0 Å². The number of benzene rings is 2. The van der Waals surface area contributed by atoms with Gasteiger partial charge in [-0.15, -0.1) is 0 Å². The highest BCUT2D eigenvalue weighted by Crippen LogP contribution is 2.21. The Morgan fingerprint density at radius 3 is 2.84 bits per heavy atom. The van der Waals surface area contributed by atoms with Crippen molar-refractivity contribution < 1.29 is 4.42 Å². The van der Waals surface area contributed by atoms with Crippen LogP contribution in [-0.2, 0) is 6.42 Å². The number of nitrogens with zero attached hydrogens (tertiary/aromatic N) is 1. The Bertz CT molecular complexity index is 712. The van der Waals surface area contributed by atoms with Gasteiger partial charge in [-0.2, -0.15) is 0 Å². The molecular formula is C16H12BrNO. The average molecular weight is 314 g/mol. The minimum Gasteiger partial charge on any atom is -0.440 e. The molecule has 0 atom stereocenters. The van der Waals surface area contributed by atoms with E-state index in [1.807, 2.05) is 36.4 Å². The van der Waals surface area contributed by atoms with Crippen LogP contribution in [-0.4, -0.2) is 4.98 Å². The second-order valence-corrected chi connectivity index (χ2v) is 5.26. The molecule has 2 nitrogen and oxygen atoms in total. The molecular weight excluding hydrogens is 302 g/mol. The SMILES string of the molecule is C=Cc1cc(Br)cc(Cc2nc3ccccc3o2)c1. The van der Waals surface area contributed by atoms with Crippen molar-refractivity contribution in [2.75, 3.05) is 0 Å². The molecule has 0 fully saturated rings. The fourth-order valence-corrected chi connectivity index (χ4v) is 2.62. The van der Waals surface area contributed by atoms with Gasteiger partial charge in [-0.05, 0) is 35.4 Å². The summed E-state index contributed by atoms with van der Waals surface area (Å²) in [5.74, 6) is 0.731. The van der Waals surface area contributed by atoms with Crippen LogP contribution in [0.25, 0.3) is 17.2 Å². The van der Waals surface area contributed by atoms with Gasteiger partial charge >= 0.3 is 0 Å². The van der Waals surface area contributed by atoms with Crippen molar-refractivity contribution in [3.63, 3.8) is 0 Å². The summed E-state index contributed by atoms with van der Waals surface area (Å²) in [6.45, 7) is 3.80. The first-order valence-corrected chi connectivity index (χ1v) is 6.80. The molecule has 0 aliphatic heterocycles. The Morgan fingerprint density at radius 1 is 1.21 bits per heavy atom. The molecule has 0 bridgehead atoms. The van der Waals surface area contributed by atoms with Crippen LogP contribution in [0.2, 0.25) is 0 Å². The zero-order valence-corrected chi connectivity index (χ0v) is 11.9. The number of aromatic nitrogens is 1. The molecule has 3 rings (SSSR count). The molecule has 0 N–H and O–H groups in total. The molecule has 0 spiro atoms. The normalized spacial score (nSPS) is 10.8. The first-order valence-electron chi connectivity index (χ1n) is 6.01. The van der Waals surface area contributed by atoms with Gasteiger partial charge in [-0.1, -0.05) is 46.8 Å². The molecule has 2 aromatic carbocycles. The van der Waals surface area contributed by atoms with Crippen molar-refractivity contribution >= 4 is 33.1 Å². The zero-order chi connectivity index (χ0) is 13.2. The number of hydrogen-bond donors (Lipinski definition) is 0. The summed E-state index contributed by atoms with van der Waals surface area (Å²) in [7, 11) is 0. The van der Waals surface area contributed by atoms with E-state index in [1.165, 1.54) is 0 Å². The third kappa shape index (κ3) is 2.61. The molecule has 3 heteroatoms. The van der Waals surface area contributed by atoms with Crippen molar-refractivity contribution in [2.45, 2.75) is 6.42 Å². The average Bonchev–Trinajstić information content (AvgIpc) is 2.80. The number of halogens is 1. The molecule has 0 saturated carbocycles. The maximum Gasteiger partial charge on any atom is 0.199 e. The topological polar surface area (TPSA) is 26.0 Å². The van der Waals surface area contributed by atoms with E-state index in [4.69, 9.17) is 4.42 Å². The molecule has 0 aliphatic rings. The predicted octanol–water partition coefficient (Wildman–Crippen LogP) is 4.82. The Kier molecular flexibility index (Phi) is 3.22. The Balaban J connectivity index is 1.96. The van der Waals surface area contributed by atoms with Gasteiger partial charge in [0.1, 0.15) is 5.52 Å². The van der Waals surface area contributed by atoms with Crippen molar-refractivity contribution in [1.29, 1.82) is 0 Å². The number of hydrogen-bond acceptors (Lipinski definition) is 2. The Hall–Kier alpha value is -1.87. The lowest BCUT2D eigenvalue weighted by molar-refractivity contribution is 0.544. The first-order chi connectivity index (χ1) is 9.24. The molecule has 1 aromatic heterocycles. The number of rotatable bonds is 3. The van der Waals surface area contributed by atoms with Crippen LogP contribution in [0.4, 0.5) is 0 Å². The van der Waals surface area contributed by atoms with E-state index in [0.29, 0.717) is 6.42 Å². The third-order valence-electron chi connectivity index (χ3n) is 2.91. The fourth-order valence-electron chi connectivity index (χ4n) is 2.07. The summed E-state index contributed by atoms with van der Waals surface area (Å²) in [6, 6.07) is 14.0. The van der Waals surface area contributed by atoms with Crippen molar-refractivity contribution in [3.8, 4) is 0 Å². The number of fused-ring (bicyclic) bond motifs is 1. The standard InChI is InChI=1S/C16H12BrNO/c1-2-11-7-12(9-13(17)8-11)10-16-18-14-5-3-4-6-15(14)19-16/h2-9H,1,10H2. The summed E-state index contributed by atoms with van der Waals surface area (Å²) >= 11 is 3.50. The molecule has 1 heterocycles. The van der Waals surface area contributed by atoms with Crippen molar-refractivity contribution in [2.24, 2.45) is 0 Å². The quantitative estimate of drug-likeness (QED) is 0.692. The van der Waals surface area contributed by atoms with E-state index in [9.17, 15) is 0 Å². The minimum absolute atomic E-state index is 0.676. The summed E-state index contributed by atoms with van der Waals surface area (Å²) < 4.78 is 6.77. The van der Waals surface area contributed by atoms with Gasteiger partial charge in [-0.25, -0.2) is 4.98 Å². The zero-order valence-electron chi connectivity index (χ0n) is 10.3. The highest BCUT2D eigenvalue weighted by atomic mass is 79.9. The molecule has 94 valence electrons. The third-order valence-corrected chi connectivity index (χ3v) is 3.37. The van der Waals surface area contributed by atoms with Gasteiger partial charge in [0, 0.05) is 10.9 Å².